The van der Waals surface area contributed by atoms with Crippen molar-refractivity contribution in [2.75, 3.05) is 6.54 Å². The van der Waals surface area contributed by atoms with Crippen molar-refractivity contribution < 1.29 is 9.18 Å². The number of aryl methyl sites for hydroxylation is 1. The molecule has 0 aliphatic heterocycles. The fourth-order valence-electron chi connectivity index (χ4n) is 2.47. The van der Waals surface area contributed by atoms with Gasteiger partial charge in [-0.05, 0) is 44.0 Å². The van der Waals surface area contributed by atoms with Crippen LogP contribution < -0.4 is 5.56 Å². The fourth-order valence-corrected chi connectivity index (χ4v) is 2.47. The van der Waals surface area contributed by atoms with Gasteiger partial charge in [0.2, 0.25) is 5.91 Å². The molecule has 0 spiro atoms. The highest BCUT2D eigenvalue weighted by Crippen LogP contribution is 2.09. The molecule has 0 N–H and O–H groups in total. The summed E-state index contributed by atoms with van der Waals surface area (Å²) in [4.78, 5) is 26.3. The van der Waals surface area contributed by atoms with E-state index in [9.17, 15) is 14.0 Å². The van der Waals surface area contributed by atoms with Crippen LogP contribution in [0.25, 0.3) is 0 Å². The van der Waals surface area contributed by atoms with E-state index in [-0.39, 0.29) is 30.4 Å². The minimum absolute atomic E-state index is 0.00604. The number of hydrogen-bond donors (Lipinski definition) is 0. The Morgan fingerprint density at radius 2 is 2.12 bits per heavy atom. The van der Waals surface area contributed by atoms with E-state index < -0.39 is 5.56 Å². The standard InChI is InChI=1S/C18H19FN4O2/c1-4-22(10-14-6-5-7-15(19)8-14)17(24)11-23-18(25)16(9-20)12(2)13(3)21-23/h5-8H,4,10-11H2,1-3H3. The summed E-state index contributed by atoms with van der Waals surface area (Å²) in [5.74, 6) is -0.694. The topological polar surface area (TPSA) is 79.0 Å². The zero-order chi connectivity index (χ0) is 18.6. The Bertz CT molecular complexity index is 899. The fraction of sp³-hybridized carbons (Fsp3) is 0.333. The third kappa shape index (κ3) is 4.10. The number of nitriles is 1. The highest BCUT2D eigenvalue weighted by atomic mass is 19.1. The van der Waals surface area contributed by atoms with Gasteiger partial charge in [-0.3, -0.25) is 9.59 Å². The zero-order valence-corrected chi connectivity index (χ0v) is 14.4. The maximum atomic E-state index is 13.3. The lowest BCUT2D eigenvalue weighted by Gasteiger charge is -2.21. The Hall–Kier alpha value is -3.01. The summed E-state index contributed by atoms with van der Waals surface area (Å²) in [7, 11) is 0. The Kier molecular flexibility index (Phi) is 5.65. The summed E-state index contributed by atoms with van der Waals surface area (Å²) in [6, 6.07) is 7.88. The highest BCUT2D eigenvalue weighted by molar-refractivity contribution is 5.75. The van der Waals surface area contributed by atoms with Crippen molar-refractivity contribution in [1.82, 2.24) is 14.7 Å². The number of nitrogens with zero attached hydrogens (tertiary/aromatic N) is 4. The van der Waals surface area contributed by atoms with Gasteiger partial charge >= 0.3 is 0 Å². The van der Waals surface area contributed by atoms with Crippen molar-refractivity contribution in [2.24, 2.45) is 0 Å². The largest absolute Gasteiger partial charge is 0.337 e. The molecule has 0 bridgehead atoms. The summed E-state index contributed by atoms with van der Waals surface area (Å²) < 4.78 is 14.3. The molecule has 1 amide bonds. The second kappa shape index (κ2) is 7.71. The third-order valence-corrected chi connectivity index (χ3v) is 4.03. The summed E-state index contributed by atoms with van der Waals surface area (Å²) in [5.41, 5.74) is 1.11. The second-order valence-corrected chi connectivity index (χ2v) is 5.70. The average molecular weight is 342 g/mol. The van der Waals surface area contributed by atoms with Gasteiger partial charge in [-0.15, -0.1) is 0 Å². The molecule has 1 aromatic heterocycles. The first kappa shape index (κ1) is 18.3. The van der Waals surface area contributed by atoms with E-state index in [2.05, 4.69) is 5.10 Å². The molecule has 0 fully saturated rings. The van der Waals surface area contributed by atoms with Crippen LogP contribution in [0.1, 0.15) is 29.3 Å². The number of amides is 1. The van der Waals surface area contributed by atoms with Crippen molar-refractivity contribution in [3.8, 4) is 6.07 Å². The van der Waals surface area contributed by atoms with Gasteiger partial charge in [-0.25, -0.2) is 9.07 Å². The van der Waals surface area contributed by atoms with Crippen molar-refractivity contribution >= 4 is 5.91 Å². The molecule has 6 nitrogen and oxygen atoms in total. The number of carbonyl (C=O) groups is 1. The van der Waals surface area contributed by atoms with Gasteiger partial charge in [-0.2, -0.15) is 10.4 Å². The monoisotopic (exact) mass is 342 g/mol. The molecule has 1 heterocycles. The van der Waals surface area contributed by atoms with Gasteiger partial charge in [0.15, 0.2) is 0 Å². The van der Waals surface area contributed by atoms with Crippen LogP contribution in [0.15, 0.2) is 29.1 Å². The van der Waals surface area contributed by atoms with Crippen molar-refractivity contribution in [2.45, 2.75) is 33.9 Å². The number of aromatic nitrogens is 2. The molecule has 0 aliphatic carbocycles. The number of benzene rings is 1. The molecular formula is C18H19FN4O2. The molecule has 1 aromatic carbocycles. The van der Waals surface area contributed by atoms with E-state index in [4.69, 9.17) is 5.26 Å². The van der Waals surface area contributed by atoms with Crippen molar-refractivity contribution in [3.63, 3.8) is 0 Å². The Labute approximate surface area is 145 Å². The SMILES string of the molecule is CCN(Cc1cccc(F)c1)C(=O)Cn1nc(C)c(C)c(C#N)c1=O. The molecule has 0 saturated carbocycles. The molecule has 0 radical (unpaired) electrons. The van der Waals surface area contributed by atoms with E-state index >= 15 is 0 Å². The lowest BCUT2D eigenvalue weighted by atomic mass is 10.1. The number of carbonyl (C=O) groups excluding carboxylic acids is 1. The van der Waals surface area contributed by atoms with Crippen LogP contribution in [-0.2, 0) is 17.9 Å². The van der Waals surface area contributed by atoms with Crippen molar-refractivity contribution in [1.29, 1.82) is 5.26 Å². The molecule has 0 atom stereocenters. The third-order valence-electron chi connectivity index (χ3n) is 4.03. The summed E-state index contributed by atoms with van der Waals surface area (Å²) in [6.07, 6.45) is 0. The van der Waals surface area contributed by atoms with Crippen molar-refractivity contribution in [3.05, 3.63) is 62.8 Å². The van der Waals surface area contributed by atoms with Gasteiger partial charge in [0.25, 0.3) is 5.56 Å². The first-order valence-electron chi connectivity index (χ1n) is 7.88. The molecule has 0 saturated heterocycles. The van der Waals surface area contributed by atoms with E-state index in [1.165, 1.54) is 17.0 Å². The maximum Gasteiger partial charge on any atom is 0.285 e. The first-order chi connectivity index (χ1) is 11.9. The van der Waals surface area contributed by atoms with Gasteiger partial charge in [-0.1, -0.05) is 12.1 Å². The Balaban J connectivity index is 2.24. The lowest BCUT2D eigenvalue weighted by Crippen LogP contribution is -2.38. The smallest absolute Gasteiger partial charge is 0.285 e. The molecule has 7 heteroatoms. The quantitative estimate of drug-likeness (QED) is 0.831. The number of halogens is 1. The Morgan fingerprint density at radius 1 is 1.40 bits per heavy atom. The average Bonchev–Trinajstić information content (AvgIpc) is 2.58. The highest BCUT2D eigenvalue weighted by Gasteiger charge is 2.17. The Morgan fingerprint density at radius 3 is 2.72 bits per heavy atom. The predicted molar refractivity (Wildman–Crippen MR) is 90.2 cm³/mol. The molecule has 0 unspecified atom stereocenters. The minimum Gasteiger partial charge on any atom is -0.337 e. The summed E-state index contributed by atoms with van der Waals surface area (Å²) >= 11 is 0. The van der Waals surface area contributed by atoms with Gasteiger partial charge in [0.05, 0.1) is 5.69 Å². The van der Waals surface area contributed by atoms with Crippen LogP contribution in [0.3, 0.4) is 0 Å². The van der Waals surface area contributed by atoms with Crippen LogP contribution in [0.2, 0.25) is 0 Å². The van der Waals surface area contributed by atoms with Crippen LogP contribution >= 0.6 is 0 Å². The molecule has 130 valence electrons. The van der Waals surface area contributed by atoms with Crippen LogP contribution in [0.5, 0.6) is 0 Å². The first-order valence-corrected chi connectivity index (χ1v) is 7.88. The summed E-state index contributed by atoms with van der Waals surface area (Å²) in [5, 5.41) is 13.2. The second-order valence-electron chi connectivity index (χ2n) is 5.70. The summed E-state index contributed by atoms with van der Waals surface area (Å²) in [6.45, 7) is 5.50. The minimum atomic E-state index is -0.583. The molecular weight excluding hydrogens is 323 g/mol. The maximum absolute atomic E-state index is 13.3. The zero-order valence-electron chi connectivity index (χ0n) is 14.4. The molecule has 25 heavy (non-hydrogen) atoms. The van der Waals surface area contributed by atoms with E-state index in [0.29, 0.717) is 23.4 Å². The van der Waals surface area contributed by atoms with Crippen LogP contribution in [-0.4, -0.2) is 27.1 Å². The lowest BCUT2D eigenvalue weighted by molar-refractivity contribution is -0.132. The van der Waals surface area contributed by atoms with E-state index in [1.54, 1.807) is 32.9 Å². The van der Waals surface area contributed by atoms with Crippen LogP contribution in [0, 0.1) is 31.0 Å². The number of rotatable bonds is 5. The van der Waals surface area contributed by atoms with Gasteiger partial charge in [0.1, 0.15) is 24.0 Å². The van der Waals surface area contributed by atoms with E-state index in [0.717, 1.165) is 4.68 Å². The van der Waals surface area contributed by atoms with Gasteiger partial charge in [0, 0.05) is 13.1 Å². The van der Waals surface area contributed by atoms with Crippen LogP contribution in [0.4, 0.5) is 4.39 Å². The predicted octanol–water partition coefficient (Wildman–Crippen LogP) is 1.92. The number of hydrogen-bond acceptors (Lipinski definition) is 4. The van der Waals surface area contributed by atoms with E-state index in [1.807, 2.05) is 6.07 Å². The molecule has 2 aromatic rings. The number of likely N-dealkylation sites (N-methyl/N-ethyl adjacent to an activating group) is 1. The molecule has 2 rings (SSSR count). The normalized spacial score (nSPS) is 10.4. The molecule has 0 aliphatic rings. The van der Waals surface area contributed by atoms with Gasteiger partial charge < -0.3 is 4.90 Å².